The van der Waals surface area contributed by atoms with Crippen molar-refractivity contribution in [3.63, 3.8) is 0 Å². The van der Waals surface area contributed by atoms with Crippen LogP contribution < -0.4 is 10.2 Å². The van der Waals surface area contributed by atoms with Crippen molar-refractivity contribution >= 4 is 5.69 Å². The molecule has 3 rings (SSSR count). The van der Waals surface area contributed by atoms with E-state index in [1.807, 2.05) is 0 Å². The molecule has 0 bridgehead atoms. The zero-order chi connectivity index (χ0) is 13.1. The second kappa shape index (κ2) is 5.93. The van der Waals surface area contributed by atoms with Gasteiger partial charge in [0.25, 0.3) is 0 Å². The van der Waals surface area contributed by atoms with Gasteiger partial charge in [0.1, 0.15) is 0 Å². The molecule has 1 aromatic carbocycles. The fraction of sp³-hybridized carbons (Fsp3) is 0.625. The van der Waals surface area contributed by atoms with Gasteiger partial charge in [0, 0.05) is 25.3 Å². The first-order valence-corrected chi connectivity index (χ1v) is 7.48. The minimum absolute atomic E-state index is 0.673. The molecule has 2 aliphatic rings. The topological polar surface area (TPSA) is 24.5 Å². The zero-order valence-electron chi connectivity index (χ0n) is 11.8. The van der Waals surface area contributed by atoms with Gasteiger partial charge in [-0.25, -0.2) is 0 Å². The minimum atomic E-state index is 0.673. The molecule has 3 heteroatoms. The maximum Gasteiger partial charge on any atom is 0.0642 e. The Balaban J connectivity index is 1.88. The summed E-state index contributed by atoms with van der Waals surface area (Å²) in [4.78, 5) is 2.49. The molecule has 1 aromatic rings. The monoisotopic (exact) mass is 260 g/mol. The van der Waals surface area contributed by atoms with Crippen LogP contribution in [-0.2, 0) is 4.74 Å². The number of aryl methyl sites for hydroxylation is 1. The van der Waals surface area contributed by atoms with Crippen LogP contribution in [0.2, 0.25) is 0 Å². The highest BCUT2D eigenvalue weighted by molar-refractivity contribution is 5.57. The maximum absolute atomic E-state index is 5.48. The van der Waals surface area contributed by atoms with E-state index in [0.717, 1.165) is 32.8 Å². The van der Waals surface area contributed by atoms with Crippen molar-refractivity contribution in [3.8, 4) is 0 Å². The highest BCUT2D eigenvalue weighted by Gasteiger charge is 2.22. The van der Waals surface area contributed by atoms with Crippen LogP contribution in [0.5, 0.6) is 0 Å². The van der Waals surface area contributed by atoms with Gasteiger partial charge in [-0.2, -0.15) is 0 Å². The lowest BCUT2D eigenvalue weighted by Crippen LogP contribution is -2.37. The van der Waals surface area contributed by atoms with Crippen LogP contribution in [0.25, 0.3) is 0 Å². The van der Waals surface area contributed by atoms with E-state index in [-0.39, 0.29) is 0 Å². The minimum Gasteiger partial charge on any atom is -0.378 e. The van der Waals surface area contributed by atoms with E-state index in [1.54, 1.807) is 0 Å². The standard InChI is InChI=1S/C16H24N2O/c1-13-4-5-16(18-7-9-19-10-8-18)15(11-13)14-3-2-6-17-12-14/h4-5,11,14,17H,2-3,6-10,12H2,1H3. The van der Waals surface area contributed by atoms with Crippen molar-refractivity contribution in [3.05, 3.63) is 29.3 Å². The molecular formula is C16H24N2O. The molecule has 2 saturated heterocycles. The molecule has 1 atom stereocenters. The lowest BCUT2D eigenvalue weighted by molar-refractivity contribution is 0.122. The number of ether oxygens (including phenoxy) is 1. The Labute approximate surface area is 115 Å². The summed E-state index contributed by atoms with van der Waals surface area (Å²) in [6, 6.07) is 6.94. The number of rotatable bonds is 2. The predicted octanol–water partition coefficient (Wildman–Crippen LogP) is 2.30. The van der Waals surface area contributed by atoms with Crippen molar-refractivity contribution in [2.24, 2.45) is 0 Å². The molecule has 0 saturated carbocycles. The van der Waals surface area contributed by atoms with Crippen LogP contribution in [0.3, 0.4) is 0 Å². The van der Waals surface area contributed by atoms with Crippen LogP contribution in [0, 0.1) is 6.92 Å². The van der Waals surface area contributed by atoms with Crippen molar-refractivity contribution in [2.75, 3.05) is 44.3 Å². The van der Waals surface area contributed by atoms with Crippen LogP contribution in [-0.4, -0.2) is 39.4 Å². The first-order chi connectivity index (χ1) is 9.34. The lowest BCUT2D eigenvalue weighted by atomic mass is 9.89. The average molecular weight is 260 g/mol. The van der Waals surface area contributed by atoms with Crippen molar-refractivity contribution in [2.45, 2.75) is 25.7 Å². The molecule has 104 valence electrons. The quantitative estimate of drug-likeness (QED) is 0.883. The van der Waals surface area contributed by atoms with Crippen molar-refractivity contribution in [1.82, 2.24) is 5.32 Å². The van der Waals surface area contributed by atoms with Crippen LogP contribution in [0.1, 0.15) is 29.9 Å². The number of piperidine rings is 1. The molecule has 1 unspecified atom stereocenters. The van der Waals surface area contributed by atoms with E-state index in [0.29, 0.717) is 5.92 Å². The van der Waals surface area contributed by atoms with Gasteiger partial charge in [-0.05, 0) is 43.9 Å². The average Bonchev–Trinajstić information content (AvgIpc) is 2.49. The summed E-state index contributed by atoms with van der Waals surface area (Å²) in [6.07, 6.45) is 2.61. The summed E-state index contributed by atoms with van der Waals surface area (Å²) in [5.74, 6) is 0.673. The number of hydrogen-bond acceptors (Lipinski definition) is 3. The zero-order valence-corrected chi connectivity index (χ0v) is 11.8. The van der Waals surface area contributed by atoms with Gasteiger partial charge < -0.3 is 15.0 Å². The molecule has 0 amide bonds. The highest BCUT2D eigenvalue weighted by atomic mass is 16.5. The first-order valence-electron chi connectivity index (χ1n) is 7.48. The smallest absolute Gasteiger partial charge is 0.0642 e. The molecule has 3 nitrogen and oxygen atoms in total. The molecular weight excluding hydrogens is 236 g/mol. The summed E-state index contributed by atoms with van der Waals surface area (Å²) in [7, 11) is 0. The molecule has 0 radical (unpaired) electrons. The molecule has 1 N–H and O–H groups in total. The second-order valence-electron chi connectivity index (χ2n) is 5.70. The third-order valence-corrected chi connectivity index (χ3v) is 4.27. The number of anilines is 1. The van der Waals surface area contributed by atoms with Gasteiger partial charge in [-0.1, -0.05) is 17.7 Å². The van der Waals surface area contributed by atoms with Gasteiger partial charge in [0.15, 0.2) is 0 Å². The maximum atomic E-state index is 5.48. The van der Waals surface area contributed by atoms with Crippen LogP contribution in [0.4, 0.5) is 5.69 Å². The fourth-order valence-corrected chi connectivity index (χ4v) is 3.21. The molecule has 2 heterocycles. The number of benzene rings is 1. The van der Waals surface area contributed by atoms with Crippen LogP contribution >= 0.6 is 0 Å². The molecule has 0 aliphatic carbocycles. The number of morpholine rings is 1. The van der Waals surface area contributed by atoms with Gasteiger partial charge in [0.05, 0.1) is 13.2 Å². The Kier molecular flexibility index (Phi) is 4.04. The number of nitrogens with zero attached hydrogens (tertiary/aromatic N) is 1. The summed E-state index contributed by atoms with van der Waals surface area (Å²) < 4.78 is 5.48. The molecule has 0 spiro atoms. The third kappa shape index (κ3) is 2.93. The van der Waals surface area contributed by atoms with E-state index >= 15 is 0 Å². The molecule has 2 aliphatic heterocycles. The van der Waals surface area contributed by atoms with Gasteiger partial charge in [-0.3, -0.25) is 0 Å². The van der Waals surface area contributed by atoms with E-state index in [4.69, 9.17) is 4.74 Å². The number of hydrogen-bond donors (Lipinski definition) is 1. The lowest BCUT2D eigenvalue weighted by Gasteiger charge is -2.34. The Morgan fingerprint density at radius 2 is 2.11 bits per heavy atom. The van der Waals surface area contributed by atoms with Gasteiger partial charge in [-0.15, -0.1) is 0 Å². The Morgan fingerprint density at radius 1 is 1.26 bits per heavy atom. The summed E-state index contributed by atoms with van der Waals surface area (Å²) >= 11 is 0. The molecule has 19 heavy (non-hydrogen) atoms. The van der Waals surface area contributed by atoms with Gasteiger partial charge in [0.2, 0.25) is 0 Å². The largest absolute Gasteiger partial charge is 0.378 e. The Morgan fingerprint density at radius 3 is 2.84 bits per heavy atom. The van der Waals surface area contributed by atoms with Crippen LogP contribution in [0.15, 0.2) is 18.2 Å². The van der Waals surface area contributed by atoms with Crippen molar-refractivity contribution in [1.29, 1.82) is 0 Å². The van der Waals surface area contributed by atoms with Crippen molar-refractivity contribution < 1.29 is 4.74 Å². The summed E-state index contributed by atoms with van der Waals surface area (Å²) in [5.41, 5.74) is 4.34. The molecule has 2 fully saturated rings. The fourth-order valence-electron chi connectivity index (χ4n) is 3.21. The predicted molar refractivity (Wildman–Crippen MR) is 79.1 cm³/mol. The second-order valence-corrected chi connectivity index (χ2v) is 5.70. The number of nitrogens with one attached hydrogen (secondary N) is 1. The normalized spacial score (nSPS) is 24.5. The van der Waals surface area contributed by atoms with E-state index in [2.05, 4.69) is 35.3 Å². The molecule has 0 aromatic heterocycles. The Hall–Kier alpha value is -1.06. The first kappa shape index (κ1) is 12.9. The summed E-state index contributed by atoms with van der Waals surface area (Å²) in [6.45, 7) is 8.26. The van der Waals surface area contributed by atoms with E-state index < -0.39 is 0 Å². The summed E-state index contributed by atoms with van der Waals surface area (Å²) in [5, 5.41) is 3.54. The van der Waals surface area contributed by atoms with E-state index in [1.165, 1.54) is 36.2 Å². The van der Waals surface area contributed by atoms with E-state index in [9.17, 15) is 0 Å². The van der Waals surface area contributed by atoms with Gasteiger partial charge >= 0.3 is 0 Å². The third-order valence-electron chi connectivity index (χ3n) is 4.27. The highest BCUT2D eigenvalue weighted by Crippen LogP contribution is 2.33. The SMILES string of the molecule is Cc1ccc(N2CCOCC2)c(C2CCCNC2)c1. The Bertz CT molecular complexity index is 421.